The van der Waals surface area contributed by atoms with Crippen molar-refractivity contribution in [3.63, 3.8) is 0 Å². The Morgan fingerprint density at radius 2 is 2.17 bits per heavy atom. The Morgan fingerprint density at radius 3 is 2.89 bits per heavy atom. The van der Waals surface area contributed by atoms with Gasteiger partial charge in [0.2, 0.25) is 0 Å². The van der Waals surface area contributed by atoms with Crippen molar-refractivity contribution in [2.24, 2.45) is 0 Å². The highest BCUT2D eigenvalue weighted by molar-refractivity contribution is 5.84. The Hall–Kier alpha value is -2.51. The molecule has 1 aliphatic heterocycles. The van der Waals surface area contributed by atoms with Gasteiger partial charge >= 0.3 is 5.97 Å². The first kappa shape index (κ1) is 10.6. The smallest absolute Gasteiger partial charge is 0.356 e. The zero-order chi connectivity index (χ0) is 12.5. The van der Waals surface area contributed by atoms with Crippen molar-refractivity contribution in [3.8, 4) is 0 Å². The van der Waals surface area contributed by atoms with Gasteiger partial charge in [0.15, 0.2) is 11.5 Å². The minimum absolute atomic E-state index is 0.0565. The monoisotopic (exact) mass is 246 g/mol. The fraction of sp³-hybridized carbons (Fsp3) is 0.300. The van der Waals surface area contributed by atoms with Crippen molar-refractivity contribution in [2.75, 3.05) is 11.4 Å². The van der Waals surface area contributed by atoms with Crippen molar-refractivity contribution in [1.29, 1.82) is 0 Å². The molecule has 0 saturated carbocycles. The molecule has 0 atom stereocenters. The van der Waals surface area contributed by atoms with Gasteiger partial charge in [0.05, 0.1) is 18.9 Å². The SMILES string of the molecule is O=C(O)c1cnc(N2CCn3cnnc3C2)cn1. The molecule has 0 aliphatic carbocycles. The Bertz CT molecular complexity index is 578. The third-order valence-electron chi connectivity index (χ3n) is 2.82. The predicted molar refractivity (Wildman–Crippen MR) is 60.1 cm³/mol. The molecule has 2 aromatic heterocycles. The highest BCUT2D eigenvalue weighted by Crippen LogP contribution is 2.16. The van der Waals surface area contributed by atoms with Crippen LogP contribution in [0.15, 0.2) is 18.7 Å². The molecule has 3 rings (SSSR count). The van der Waals surface area contributed by atoms with Gasteiger partial charge in [-0.05, 0) is 0 Å². The van der Waals surface area contributed by atoms with Crippen LogP contribution in [0.4, 0.5) is 5.82 Å². The topological polar surface area (TPSA) is 97.0 Å². The number of carboxylic acids is 1. The molecule has 92 valence electrons. The van der Waals surface area contributed by atoms with Crippen molar-refractivity contribution in [3.05, 3.63) is 30.2 Å². The van der Waals surface area contributed by atoms with E-state index in [0.717, 1.165) is 18.9 Å². The van der Waals surface area contributed by atoms with Crippen molar-refractivity contribution in [1.82, 2.24) is 24.7 Å². The number of rotatable bonds is 2. The molecule has 18 heavy (non-hydrogen) atoms. The fourth-order valence-electron chi connectivity index (χ4n) is 1.86. The normalized spacial score (nSPS) is 14.3. The number of fused-ring (bicyclic) bond motifs is 1. The molecule has 1 aliphatic rings. The first-order valence-corrected chi connectivity index (χ1v) is 5.41. The minimum Gasteiger partial charge on any atom is -0.476 e. The second kappa shape index (κ2) is 4.06. The molecule has 0 saturated heterocycles. The van der Waals surface area contributed by atoms with Crippen LogP contribution in [0.1, 0.15) is 16.3 Å². The number of aromatic nitrogens is 5. The highest BCUT2D eigenvalue weighted by Gasteiger charge is 2.19. The van der Waals surface area contributed by atoms with Crippen LogP contribution in [0, 0.1) is 0 Å². The second-order valence-corrected chi connectivity index (χ2v) is 3.93. The number of carbonyl (C=O) groups is 1. The summed E-state index contributed by atoms with van der Waals surface area (Å²) in [4.78, 5) is 20.6. The average Bonchev–Trinajstić information content (AvgIpc) is 2.86. The van der Waals surface area contributed by atoms with Crippen molar-refractivity contribution in [2.45, 2.75) is 13.1 Å². The molecule has 0 radical (unpaired) electrons. The van der Waals surface area contributed by atoms with Crippen LogP contribution in [0.3, 0.4) is 0 Å². The summed E-state index contributed by atoms with van der Waals surface area (Å²) in [5.74, 6) is 0.437. The maximum Gasteiger partial charge on any atom is 0.356 e. The van der Waals surface area contributed by atoms with Gasteiger partial charge in [-0.15, -0.1) is 10.2 Å². The van der Waals surface area contributed by atoms with Crippen LogP contribution in [0.25, 0.3) is 0 Å². The van der Waals surface area contributed by atoms with Gasteiger partial charge in [0.1, 0.15) is 12.1 Å². The third-order valence-corrected chi connectivity index (χ3v) is 2.82. The van der Waals surface area contributed by atoms with Crippen LogP contribution in [0.2, 0.25) is 0 Å². The highest BCUT2D eigenvalue weighted by atomic mass is 16.4. The van der Waals surface area contributed by atoms with Gasteiger partial charge in [-0.2, -0.15) is 0 Å². The van der Waals surface area contributed by atoms with Gasteiger partial charge in [-0.3, -0.25) is 0 Å². The van der Waals surface area contributed by atoms with E-state index in [2.05, 4.69) is 20.2 Å². The molecule has 0 bridgehead atoms. The number of carboxylic acid groups (broad SMARTS) is 1. The summed E-state index contributed by atoms with van der Waals surface area (Å²) in [6.45, 7) is 2.15. The summed E-state index contributed by atoms with van der Waals surface area (Å²) in [6.07, 6.45) is 4.43. The molecular formula is C10H10N6O2. The quantitative estimate of drug-likeness (QED) is 0.782. The van der Waals surface area contributed by atoms with E-state index in [-0.39, 0.29) is 5.69 Å². The Labute approximate surface area is 102 Å². The lowest BCUT2D eigenvalue weighted by atomic mass is 10.3. The summed E-state index contributed by atoms with van der Waals surface area (Å²) < 4.78 is 1.98. The summed E-state index contributed by atoms with van der Waals surface area (Å²) in [5, 5.41) is 16.6. The molecule has 3 heterocycles. The summed E-state index contributed by atoms with van der Waals surface area (Å²) in [7, 11) is 0. The van der Waals surface area contributed by atoms with Gasteiger partial charge in [-0.1, -0.05) is 0 Å². The lowest BCUT2D eigenvalue weighted by Crippen LogP contribution is -2.34. The van der Waals surface area contributed by atoms with Gasteiger partial charge in [0, 0.05) is 13.1 Å². The zero-order valence-electron chi connectivity index (χ0n) is 9.39. The van der Waals surface area contributed by atoms with Crippen LogP contribution in [-0.4, -0.2) is 42.4 Å². The van der Waals surface area contributed by atoms with E-state index < -0.39 is 5.97 Å². The number of aromatic carboxylic acids is 1. The van der Waals surface area contributed by atoms with E-state index >= 15 is 0 Å². The molecule has 0 spiro atoms. The molecule has 8 nitrogen and oxygen atoms in total. The number of anilines is 1. The number of hydrogen-bond donors (Lipinski definition) is 1. The molecule has 2 aromatic rings. The van der Waals surface area contributed by atoms with E-state index in [1.165, 1.54) is 12.4 Å². The molecule has 1 N–H and O–H groups in total. The lowest BCUT2D eigenvalue weighted by Gasteiger charge is -2.27. The van der Waals surface area contributed by atoms with E-state index in [0.29, 0.717) is 12.4 Å². The van der Waals surface area contributed by atoms with Crippen LogP contribution < -0.4 is 4.90 Å². The molecule has 0 amide bonds. The zero-order valence-corrected chi connectivity index (χ0v) is 9.39. The second-order valence-electron chi connectivity index (χ2n) is 3.93. The standard InChI is InChI=1S/C10H10N6O2/c17-10(18)7-3-12-8(4-11-7)15-1-2-16-6-13-14-9(16)5-15/h3-4,6H,1-2,5H2,(H,17,18). The first-order chi connectivity index (χ1) is 8.74. The lowest BCUT2D eigenvalue weighted by molar-refractivity contribution is 0.0690. The van der Waals surface area contributed by atoms with E-state index in [1.54, 1.807) is 6.33 Å². The Kier molecular flexibility index (Phi) is 2.40. The van der Waals surface area contributed by atoms with Gasteiger partial charge in [-0.25, -0.2) is 14.8 Å². The van der Waals surface area contributed by atoms with Gasteiger partial charge in [0.25, 0.3) is 0 Å². The number of nitrogens with zero attached hydrogens (tertiary/aromatic N) is 6. The molecule has 0 unspecified atom stereocenters. The van der Waals surface area contributed by atoms with Crippen LogP contribution in [0.5, 0.6) is 0 Å². The Balaban J connectivity index is 1.82. The minimum atomic E-state index is -1.08. The maximum absolute atomic E-state index is 10.7. The summed E-state index contributed by atoms with van der Waals surface area (Å²) >= 11 is 0. The first-order valence-electron chi connectivity index (χ1n) is 5.41. The van der Waals surface area contributed by atoms with Crippen molar-refractivity contribution >= 4 is 11.8 Å². The van der Waals surface area contributed by atoms with Crippen LogP contribution >= 0.6 is 0 Å². The third kappa shape index (κ3) is 1.77. The van der Waals surface area contributed by atoms with Crippen LogP contribution in [-0.2, 0) is 13.1 Å². The maximum atomic E-state index is 10.7. The van der Waals surface area contributed by atoms with Crippen molar-refractivity contribution < 1.29 is 9.90 Å². The van der Waals surface area contributed by atoms with E-state index in [4.69, 9.17) is 5.11 Å². The molecule has 0 aromatic carbocycles. The predicted octanol–water partition coefficient (Wildman–Crippen LogP) is -0.214. The fourth-order valence-corrected chi connectivity index (χ4v) is 1.86. The van der Waals surface area contributed by atoms with E-state index in [9.17, 15) is 4.79 Å². The van der Waals surface area contributed by atoms with Gasteiger partial charge < -0.3 is 14.6 Å². The molecule has 8 heteroatoms. The Morgan fingerprint density at radius 1 is 1.28 bits per heavy atom. The average molecular weight is 246 g/mol. The number of hydrogen-bond acceptors (Lipinski definition) is 6. The molecular weight excluding hydrogens is 236 g/mol. The van der Waals surface area contributed by atoms with E-state index in [1.807, 2.05) is 9.47 Å². The largest absolute Gasteiger partial charge is 0.476 e. The summed E-state index contributed by atoms with van der Waals surface area (Å²) in [6, 6.07) is 0. The molecule has 0 fully saturated rings. The summed E-state index contributed by atoms with van der Waals surface area (Å²) in [5.41, 5.74) is -0.0565.